The van der Waals surface area contributed by atoms with E-state index in [2.05, 4.69) is 6.07 Å². The van der Waals surface area contributed by atoms with Crippen molar-refractivity contribution in [2.24, 2.45) is 5.41 Å². The van der Waals surface area contributed by atoms with E-state index in [9.17, 15) is 9.00 Å². The molecule has 5 heteroatoms. The Bertz CT molecular complexity index is 317. The summed E-state index contributed by atoms with van der Waals surface area (Å²) >= 11 is 0. The molecular weight excluding hydrogens is 214 g/mol. The second-order valence-corrected chi connectivity index (χ2v) is 5.71. The lowest BCUT2D eigenvalue weighted by Gasteiger charge is -2.14. The van der Waals surface area contributed by atoms with Gasteiger partial charge in [0.1, 0.15) is 5.25 Å². The zero-order valence-electron chi connectivity index (χ0n) is 8.73. The summed E-state index contributed by atoms with van der Waals surface area (Å²) < 4.78 is 11.8. The molecule has 1 fully saturated rings. The van der Waals surface area contributed by atoms with Crippen LogP contribution in [0.5, 0.6) is 0 Å². The topological polar surface area (TPSA) is 78.2 Å². The summed E-state index contributed by atoms with van der Waals surface area (Å²) in [4.78, 5) is 10.8. The number of nitrogens with zero attached hydrogens (tertiary/aromatic N) is 1. The molecule has 1 aliphatic rings. The number of carboxylic acid groups (broad SMARTS) is 1. The molecule has 84 valence electrons. The van der Waals surface area contributed by atoms with Crippen molar-refractivity contribution < 1.29 is 14.1 Å². The van der Waals surface area contributed by atoms with Gasteiger partial charge in [-0.25, -0.2) is 0 Å². The zero-order chi connectivity index (χ0) is 11.5. The van der Waals surface area contributed by atoms with Gasteiger partial charge in [0.05, 0.1) is 6.07 Å². The van der Waals surface area contributed by atoms with E-state index in [1.54, 1.807) is 6.92 Å². The highest BCUT2D eigenvalue weighted by atomic mass is 32.2. The van der Waals surface area contributed by atoms with Gasteiger partial charge in [-0.05, 0) is 24.7 Å². The van der Waals surface area contributed by atoms with E-state index in [-0.39, 0.29) is 5.41 Å². The summed E-state index contributed by atoms with van der Waals surface area (Å²) in [6.07, 6.45) is 2.59. The minimum atomic E-state index is -1.35. The second kappa shape index (κ2) is 4.75. The van der Waals surface area contributed by atoms with Gasteiger partial charge >= 0.3 is 5.97 Å². The van der Waals surface area contributed by atoms with Gasteiger partial charge in [-0.15, -0.1) is 0 Å². The summed E-state index contributed by atoms with van der Waals surface area (Å²) in [6.45, 7) is 1.72. The molecular formula is C10H15NO3S. The van der Waals surface area contributed by atoms with Gasteiger partial charge in [0, 0.05) is 23.0 Å². The summed E-state index contributed by atoms with van der Waals surface area (Å²) in [5.74, 6) is -0.630. The number of carbonyl (C=O) groups is 1. The third-order valence-corrected chi connectivity index (χ3v) is 4.89. The number of aliphatic carboxylic acids is 1. The first-order chi connectivity index (χ1) is 7.04. The second-order valence-electron chi connectivity index (χ2n) is 4.10. The number of hydrogen-bond donors (Lipinski definition) is 1. The van der Waals surface area contributed by atoms with E-state index in [4.69, 9.17) is 10.4 Å². The van der Waals surface area contributed by atoms with E-state index in [0.717, 1.165) is 12.8 Å². The van der Waals surface area contributed by atoms with Crippen molar-refractivity contribution in [1.82, 2.24) is 0 Å². The standard InChI is InChI=1S/C10H15NO3S/c1-2-8(9(12)13)15(14)7-10(3-4-10)5-6-11/h8H,2-5,7H2,1H3,(H,12,13). The van der Waals surface area contributed by atoms with Crippen LogP contribution in [0.4, 0.5) is 0 Å². The lowest BCUT2D eigenvalue weighted by atomic mass is 10.1. The van der Waals surface area contributed by atoms with Gasteiger partial charge in [-0.3, -0.25) is 9.00 Å². The maximum Gasteiger partial charge on any atom is 0.319 e. The van der Waals surface area contributed by atoms with Crippen molar-refractivity contribution >= 4 is 16.8 Å². The summed E-state index contributed by atoms with van der Waals surface area (Å²) in [6, 6.07) is 2.08. The largest absolute Gasteiger partial charge is 0.480 e. The van der Waals surface area contributed by atoms with Crippen molar-refractivity contribution in [2.75, 3.05) is 5.75 Å². The molecule has 0 aliphatic heterocycles. The Morgan fingerprint density at radius 2 is 2.27 bits per heavy atom. The Labute approximate surface area is 91.7 Å². The summed E-state index contributed by atoms with van der Waals surface area (Å²) in [5, 5.41) is 16.7. The Hall–Kier alpha value is -0.890. The highest BCUT2D eigenvalue weighted by molar-refractivity contribution is 7.86. The molecule has 2 unspecified atom stereocenters. The first-order valence-corrected chi connectivity index (χ1v) is 6.40. The molecule has 4 nitrogen and oxygen atoms in total. The normalized spacial score (nSPS) is 21.3. The molecule has 0 spiro atoms. The quantitative estimate of drug-likeness (QED) is 0.744. The molecule has 0 amide bonds. The van der Waals surface area contributed by atoms with Crippen LogP contribution in [0, 0.1) is 16.7 Å². The van der Waals surface area contributed by atoms with Crippen molar-refractivity contribution in [1.29, 1.82) is 5.26 Å². The fourth-order valence-electron chi connectivity index (χ4n) is 1.59. The molecule has 2 atom stereocenters. The van der Waals surface area contributed by atoms with Crippen molar-refractivity contribution in [3.05, 3.63) is 0 Å². The van der Waals surface area contributed by atoms with Crippen LogP contribution in [0.15, 0.2) is 0 Å². The summed E-state index contributed by atoms with van der Waals surface area (Å²) in [5.41, 5.74) is -0.136. The first-order valence-electron chi connectivity index (χ1n) is 5.01. The average Bonchev–Trinajstić information content (AvgIpc) is 2.85. The van der Waals surface area contributed by atoms with E-state index in [1.165, 1.54) is 0 Å². The maximum absolute atomic E-state index is 11.8. The molecule has 0 bridgehead atoms. The summed E-state index contributed by atoms with van der Waals surface area (Å²) in [7, 11) is -1.35. The van der Waals surface area contributed by atoms with E-state index >= 15 is 0 Å². The highest BCUT2D eigenvalue weighted by Gasteiger charge is 2.45. The zero-order valence-corrected chi connectivity index (χ0v) is 9.55. The van der Waals surface area contributed by atoms with Crippen LogP contribution >= 0.6 is 0 Å². The molecule has 0 heterocycles. The maximum atomic E-state index is 11.8. The van der Waals surface area contributed by atoms with Crippen LogP contribution in [0.3, 0.4) is 0 Å². The van der Waals surface area contributed by atoms with Crippen molar-refractivity contribution in [3.8, 4) is 6.07 Å². The fourth-order valence-corrected chi connectivity index (χ4v) is 3.38. The van der Waals surface area contributed by atoms with Gasteiger partial charge in [-0.2, -0.15) is 5.26 Å². The van der Waals surface area contributed by atoms with Gasteiger partial charge in [-0.1, -0.05) is 6.92 Å². The van der Waals surface area contributed by atoms with Crippen molar-refractivity contribution in [2.45, 2.75) is 37.9 Å². The van der Waals surface area contributed by atoms with Crippen LogP contribution in [-0.4, -0.2) is 26.3 Å². The Morgan fingerprint density at radius 1 is 1.67 bits per heavy atom. The predicted octanol–water partition coefficient (Wildman–Crippen LogP) is 1.29. The van der Waals surface area contributed by atoms with Crippen LogP contribution in [0.1, 0.15) is 32.6 Å². The Kier molecular flexibility index (Phi) is 3.86. The molecule has 0 aromatic heterocycles. The number of nitriles is 1. The minimum absolute atomic E-state index is 0.136. The Balaban J connectivity index is 2.55. The van der Waals surface area contributed by atoms with Crippen LogP contribution in [-0.2, 0) is 15.6 Å². The molecule has 0 radical (unpaired) electrons. The molecule has 0 saturated heterocycles. The van der Waals surface area contributed by atoms with Crippen LogP contribution in [0.2, 0.25) is 0 Å². The third-order valence-electron chi connectivity index (χ3n) is 2.82. The molecule has 1 rings (SSSR count). The van der Waals surface area contributed by atoms with Crippen LogP contribution in [0.25, 0.3) is 0 Å². The minimum Gasteiger partial charge on any atom is -0.480 e. The number of hydrogen-bond acceptors (Lipinski definition) is 3. The van der Waals surface area contributed by atoms with E-state index < -0.39 is 22.0 Å². The molecule has 1 aliphatic carbocycles. The SMILES string of the molecule is CCC(C(=O)O)S(=O)CC1(CC#N)CC1. The smallest absolute Gasteiger partial charge is 0.319 e. The average molecular weight is 229 g/mol. The number of rotatable bonds is 6. The van der Waals surface area contributed by atoms with Crippen LogP contribution < -0.4 is 0 Å². The van der Waals surface area contributed by atoms with E-state index in [0.29, 0.717) is 18.6 Å². The van der Waals surface area contributed by atoms with Gasteiger partial charge in [0.2, 0.25) is 0 Å². The van der Waals surface area contributed by atoms with Gasteiger partial charge < -0.3 is 5.11 Å². The molecule has 0 aromatic rings. The van der Waals surface area contributed by atoms with Gasteiger partial charge in [0.15, 0.2) is 0 Å². The fraction of sp³-hybridized carbons (Fsp3) is 0.800. The molecule has 0 aromatic carbocycles. The van der Waals surface area contributed by atoms with Gasteiger partial charge in [0.25, 0.3) is 0 Å². The van der Waals surface area contributed by atoms with E-state index in [1.807, 2.05) is 0 Å². The first kappa shape index (κ1) is 12.2. The number of carboxylic acids is 1. The Morgan fingerprint density at radius 3 is 2.60 bits per heavy atom. The highest BCUT2D eigenvalue weighted by Crippen LogP contribution is 2.49. The monoisotopic (exact) mass is 229 g/mol. The molecule has 15 heavy (non-hydrogen) atoms. The predicted molar refractivity (Wildman–Crippen MR) is 56.6 cm³/mol. The lowest BCUT2D eigenvalue weighted by Crippen LogP contribution is -2.29. The van der Waals surface area contributed by atoms with Crippen molar-refractivity contribution in [3.63, 3.8) is 0 Å². The lowest BCUT2D eigenvalue weighted by molar-refractivity contribution is -0.136. The molecule has 1 N–H and O–H groups in total. The third kappa shape index (κ3) is 3.03. The molecule has 1 saturated carbocycles.